The van der Waals surface area contributed by atoms with Gasteiger partial charge in [-0.15, -0.1) is 0 Å². The van der Waals surface area contributed by atoms with Gasteiger partial charge in [-0.25, -0.2) is 4.79 Å². The van der Waals surface area contributed by atoms with Crippen LogP contribution in [0.1, 0.15) is 60.3 Å². The van der Waals surface area contributed by atoms with Crippen molar-refractivity contribution >= 4 is 5.97 Å². The maximum atomic E-state index is 12.8. The highest BCUT2D eigenvalue weighted by atomic mass is 16.6. The first kappa shape index (κ1) is 20.6. The van der Waals surface area contributed by atoms with E-state index in [-0.39, 0.29) is 5.97 Å². The van der Waals surface area contributed by atoms with Gasteiger partial charge in [-0.3, -0.25) is 0 Å². The molecule has 1 heterocycles. The molecule has 0 fully saturated rings. The first-order valence-electron chi connectivity index (χ1n) is 9.82. The Morgan fingerprint density at radius 3 is 2.11 bits per heavy atom. The zero-order valence-electron chi connectivity index (χ0n) is 18.0. The Labute approximate surface area is 168 Å². The van der Waals surface area contributed by atoms with Gasteiger partial charge in [0.1, 0.15) is 0 Å². The van der Waals surface area contributed by atoms with Crippen molar-refractivity contribution in [1.29, 1.82) is 0 Å². The van der Waals surface area contributed by atoms with E-state index in [0.29, 0.717) is 0 Å². The van der Waals surface area contributed by atoms with Crippen LogP contribution in [0.4, 0.5) is 0 Å². The van der Waals surface area contributed by atoms with Crippen LogP contribution in [0.3, 0.4) is 0 Å². The van der Waals surface area contributed by atoms with Crippen molar-refractivity contribution < 1.29 is 14.3 Å². The van der Waals surface area contributed by atoms with Crippen LogP contribution >= 0.6 is 0 Å². The van der Waals surface area contributed by atoms with E-state index in [1.807, 2.05) is 20.8 Å². The molecule has 28 heavy (non-hydrogen) atoms. The summed E-state index contributed by atoms with van der Waals surface area (Å²) in [5.41, 5.74) is 8.74. The molecule has 1 atom stereocenters. The number of rotatable bonds is 4. The number of nitrogens with one attached hydrogen (secondary N) is 1. The summed E-state index contributed by atoms with van der Waals surface area (Å²) in [7, 11) is 1.42. The van der Waals surface area contributed by atoms with Gasteiger partial charge in [0.25, 0.3) is 0 Å². The molecule has 0 amide bonds. The molecule has 1 N–H and O–H groups in total. The molecule has 0 saturated heterocycles. The van der Waals surface area contributed by atoms with Gasteiger partial charge in [0.2, 0.25) is 0 Å². The second kappa shape index (κ2) is 7.69. The molecule has 1 aliphatic rings. The van der Waals surface area contributed by atoms with E-state index in [9.17, 15) is 4.79 Å². The number of benzene rings is 2. The number of hydrogen-bond acceptors (Lipinski definition) is 4. The third kappa shape index (κ3) is 3.85. The lowest BCUT2D eigenvalue weighted by Gasteiger charge is -2.30. The fraction of sp³-hybridized carbons (Fsp3) is 0.458. The van der Waals surface area contributed by atoms with Crippen LogP contribution in [0.2, 0.25) is 0 Å². The van der Waals surface area contributed by atoms with E-state index in [2.05, 4.69) is 50.4 Å². The minimum Gasteiger partial charge on any atom is -0.467 e. The molecule has 0 saturated carbocycles. The fourth-order valence-corrected chi connectivity index (χ4v) is 4.05. The molecule has 0 unspecified atom stereocenters. The molecule has 2 aromatic carbocycles. The van der Waals surface area contributed by atoms with Crippen molar-refractivity contribution in [3.63, 3.8) is 0 Å². The number of fused-ring (bicyclic) bond motifs is 1. The lowest BCUT2D eigenvalue weighted by molar-refractivity contribution is -0.164. The van der Waals surface area contributed by atoms with Crippen molar-refractivity contribution in [2.24, 2.45) is 0 Å². The second-order valence-corrected chi connectivity index (χ2v) is 8.60. The topological polar surface area (TPSA) is 47.6 Å². The van der Waals surface area contributed by atoms with Crippen LogP contribution in [0, 0.1) is 20.8 Å². The summed E-state index contributed by atoms with van der Waals surface area (Å²) >= 11 is 0. The van der Waals surface area contributed by atoms with Crippen LogP contribution in [-0.4, -0.2) is 18.7 Å². The summed E-state index contributed by atoms with van der Waals surface area (Å²) < 4.78 is 11.4. The predicted octanol–water partition coefficient (Wildman–Crippen LogP) is 4.91. The summed E-state index contributed by atoms with van der Waals surface area (Å²) in [6.07, 6.45) is -0.772. The molecule has 0 aliphatic carbocycles. The Hall–Kier alpha value is -2.17. The summed E-state index contributed by atoms with van der Waals surface area (Å²) in [5, 5.41) is 3.46. The van der Waals surface area contributed by atoms with Gasteiger partial charge in [0.15, 0.2) is 6.10 Å². The second-order valence-electron chi connectivity index (χ2n) is 8.60. The fourth-order valence-electron chi connectivity index (χ4n) is 4.05. The molecule has 0 spiro atoms. The van der Waals surface area contributed by atoms with Gasteiger partial charge in [-0.05, 0) is 74.9 Å². The maximum Gasteiger partial charge on any atom is 0.339 e. The zero-order valence-corrected chi connectivity index (χ0v) is 18.0. The highest BCUT2D eigenvalue weighted by Gasteiger charge is 2.34. The van der Waals surface area contributed by atoms with Gasteiger partial charge < -0.3 is 14.8 Å². The molecular formula is C24H31NO3. The Kier molecular flexibility index (Phi) is 5.64. The molecule has 1 aliphatic heterocycles. The third-order valence-electron chi connectivity index (χ3n) is 5.41. The molecular weight excluding hydrogens is 350 g/mol. The van der Waals surface area contributed by atoms with Gasteiger partial charge in [0.05, 0.1) is 12.7 Å². The zero-order chi connectivity index (χ0) is 20.6. The summed E-state index contributed by atoms with van der Waals surface area (Å²) in [4.78, 5) is 12.8. The molecule has 3 rings (SSSR count). The smallest absolute Gasteiger partial charge is 0.339 e. The number of aryl methyl sites for hydroxylation is 1. The van der Waals surface area contributed by atoms with Crippen LogP contribution in [0.5, 0.6) is 0 Å². The predicted molar refractivity (Wildman–Crippen MR) is 112 cm³/mol. The monoisotopic (exact) mass is 381 g/mol. The van der Waals surface area contributed by atoms with Gasteiger partial charge >= 0.3 is 5.97 Å². The van der Waals surface area contributed by atoms with E-state index in [1.54, 1.807) is 0 Å². The first-order chi connectivity index (χ1) is 13.1. The van der Waals surface area contributed by atoms with E-state index in [1.165, 1.54) is 29.4 Å². The maximum absolute atomic E-state index is 12.8. The van der Waals surface area contributed by atoms with Crippen LogP contribution < -0.4 is 5.32 Å². The average molecular weight is 382 g/mol. The first-order valence-corrected chi connectivity index (χ1v) is 9.82. The minimum absolute atomic E-state index is 0.364. The molecule has 4 nitrogen and oxygen atoms in total. The Morgan fingerprint density at radius 1 is 1.00 bits per heavy atom. The Morgan fingerprint density at radius 2 is 1.57 bits per heavy atom. The minimum atomic E-state index is -0.772. The Bertz CT molecular complexity index is 892. The summed E-state index contributed by atoms with van der Waals surface area (Å²) in [6, 6.07) is 8.47. The largest absolute Gasteiger partial charge is 0.467 e. The van der Waals surface area contributed by atoms with E-state index in [0.717, 1.165) is 35.3 Å². The number of methoxy groups -OCH3 is 1. The lowest BCUT2D eigenvalue weighted by Crippen LogP contribution is -2.29. The standard InChI is InChI=1S/C24H31NO3/c1-14-8-10-17(11-9-14)20-15(2)18-12-25-13-19(18)16(3)21(20)22(23(26)27-7)28-24(4,5)6/h8-11,22,25H,12-13H2,1-7H3/t22-/m0/s1. The van der Waals surface area contributed by atoms with Crippen molar-refractivity contribution in [2.75, 3.05) is 7.11 Å². The van der Waals surface area contributed by atoms with Crippen LogP contribution in [0.15, 0.2) is 24.3 Å². The molecule has 150 valence electrons. The van der Waals surface area contributed by atoms with Crippen molar-refractivity contribution in [3.8, 4) is 11.1 Å². The summed E-state index contributed by atoms with van der Waals surface area (Å²) in [6.45, 7) is 13.9. The van der Waals surface area contributed by atoms with E-state index >= 15 is 0 Å². The lowest BCUT2D eigenvalue weighted by atomic mass is 9.83. The van der Waals surface area contributed by atoms with Crippen LogP contribution in [-0.2, 0) is 27.4 Å². The van der Waals surface area contributed by atoms with E-state index < -0.39 is 11.7 Å². The molecule has 4 heteroatoms. The Balaban J connectivity index is 2.33. The molecule has 2 aromatic rings. The summed E-state index contributed by atoms with van der Waals surface area (Å²) in [5.74, 6) is -0.364. The number of esters is 1. The quantitative estimate of drug-likeness (QED) is 0.765. The number of hydrogen-bond donors (Lipinski definition) is 1. The normalized spacial score (nSPS) is 14.7. The van der Waals surface area contributed by atoms with Gasteiger partial charge in [-0.2, -0.15) is 0 Å². The molecule has 0 aromatic heterocycles. The van der Waals surface area contributed by atoms with Gasteiger partial charge in [-0.1, -0.05) is 29.8 Å². The number of carbonyl (C=O) groups is 1. The highest BCUT2D eigenvalue weighted by molar-refractivity contribution is 5.85. The van der Waals surface area contributed by atoms with Crippen molar-refractivity contribution in [3.05, 3.63) is 57.6 Å². The van der Waals surface area contributed by atoms with Gasteiger partial charge in [0, 0.05) is 18.7 Å². The number of carbonyl (C=O) groups excluding carboxylic acids is 1. The van der Waals surface area contributed by atoms with Crippen LogP contribution in [0.25, 0.3) is 11.1 Å². The number of ether oxygens (including phenoxy) is 2. The molecule has 0 bridgehead atoms. The highest BCUT2D eigenvalue weighted by Crippen LogP contribution is 2.42. The average Bonchev–Trinajstić information content (AvgIpc) is 3.13. The molecule has 0 radical (unpaired) electrons. The van der Waals surface area contributed by atoms with E-state index in [4.69, 9.17) is 9.47 Å². The third-order valence-corrected chi connectivity index (χ3v) is 5.41. The van der Waals surface area contributed by atoms with Crippen molar-refractivity contribution in [1.82, 2.24) is 5.32 Å². The van der Waals surface area contributed by atoms with Crippen molar-refractivity contribution in [2.45, 2.75) is 66.3 Å². The SMILES string of the molecule is COC(=O)[C@@H](OC(C)(C)C)c1c(C)c2c(c(C)c1-c1ccc(C)cc1)CNC2.